The predicted octanol–water partition coefficient (Wildman–Crippen LogP) is 4.10. The zero-order valence-corrected chi connectivity index (χ0v) is 13.4. The monoisotopic (exact) mass is 280 g/mol. The van der Waals surface area contributed by atoms with E-state index in [0.717, 1.165) is 48.0 Å². The van der Waals surface area contributed by atoms with Gasteiger partial charge < -0.3 is 8.85 Å². The molecule has 4 rings (SSSR count). The van der Waals surface area contributed by atoms with Crippen LogP contribution in [-0.4, -0.2) is 21.8 Å². The molecule has 0 aromatic rings. The van der Waals surface area contributed by atoms with Gasteiger partial charge in [0.05, 0.1) is 0 Å². The molecule has 0 N–H and O–H groups in total. The van der Waals surface area contributed by atoms with Crippen LogP contribution in [0, 0.1) is 23.7 Å². The van der Waals surface area contributed by atoms with E-state index in [-0.39, 0.29) is 0 Å². The molecule has 2 nitrogen and oxygen atoms in total. The highest BCUT2D eigenvalue weighted by atomic mass is 28.4. The largest absolute Gasteiger partial charge is 0.394 e. The van der Waals surface area contributed by atoms with Gasteiger partial charge in [0.15, 0.2) is 0 Å². The summed E-state index contributed by atoms with van der Waals surface area (Å²) in [4.78, 5) is 0. The normalized spacial score (nSPS) is 47.1. The lowest BCUT2D eigenvalue weighted by atomic mass is 9.58. The zero-order valence-electron chi connectivity index (χ0n) is 12.4. The van der Waals surface area contributed by atoms with Crippen LogP contribution < -0.4 is 0 Å². The molecule has 0 radical (unpaired) electrons. The average molecular weight is 280 g/mol. The van der Waals surface area contributed by atoms with Crippen LogP contribution in [0.25, 0.3) is 0 Å². The number of hydrogen-bond donors (Lipinski definition) is 0. The van der Waals surface area contributed by atoms with Gasteiger partial charge in [0.25, 0.3) is 0 Å². The molecular formula is C16H28O2Si. The number of rotatable bonds is 6. The van der Waals surface area contributed by atoms with Crippen molar-refractivity contribution in [1.29, 1.82) is 0 Å². The van der Waals surface area contributed by atoms with Crippen LogP contribution in [0.5, 0.6) is 0 Å². The summed E-state index contributed by atoms with van der Waals surface area (Å²) >= 11 is 0. The second-order valence-corrected chi connectivity index (χ2v) is 10.8. The molecule has 3 heteroatoms. The van der Waals surface area contributed by atoms with E-state index in [2.05, 4.69) is 13.8 Å². The molecule has 0 spiro atoms. The third-order valence-electron chi connectivity index (χ3n) is 6.87. The Labute approximate surface area is 118 Å². The molecule has 6 atom stereocenters. The molecule has 0 aromatic carbocycles. The van der Waals surface area contributed by atoms with E-state index in [1.807, 2.05) is 0 Å². The quantitative estimate of drug-likeness (QED) is 0.682. The summed E-state index contributed by atoms with van der Waals surface area (Å²) in [5.74, 6) is 4.08. The topological polar surface area (TPSA) is 18.5 Å². The van der Waals surface area contributed by atoms with Crippen molar-refractivity contribution in [3.05, 3.63) is 0 Å². The molecule has 4 fully saturated rings. The van der Waals surface area contributed by atoms with E-state index in [1.54, 1.807) is 0 Å². The van der Waals surface area contributed by atoms with E-state index < -0.39 is 8.56 Å². The first-order valence-corrected chi connectivity index (χ1v) is 10.5. The van der Waals surface area contributed by atoms with Crippen LogP contribution in [-0.2, 0) is 8.85 Å². The molecule has 108 valence electrons. The summed E-state index contributed by atoms with van der Waals surface area (Å²) in [6.45, 7) is 6.09. The standard InChI is InChI=1S/C16H28O2Si/c1-3-17-19(18-4-2,15-9-11-5-7-13(11)15)16-10-12-6-8-14(12)16/h11-16H,3-10H2,1-2H3. The van der Waals surface area contributed by atoms with Crippen molar-refractivity contribution in [2.45, 2.75) is 63.5 Å². The van der Waals surface area contributed by atoms with Gasteiger partial charge in [-0.3, -0.25) is 0 Å². The molecule has 0 amide bonds. The molecule has 6 unspecified atom stereocenters. The Hall–Kier alpha value is 0.137. The maximum atomic E-state index is 6.50. The van der Waals surface area contributed by atoms with Gasteiger partial charge in [0.1, 0.15) is 0 Å². The maximum Gasteiger partial charge on any atom is 0.345 e. The van der Waals surface area contributed by atoms with Crippen LogP contribution in [0.2, 0.25) is 11.1 Å². The number of fused-ring (bicyclic) bond motifs is 2. The van der Waals surface area contributed by atoms with Crippen molar-refractivity contribution in [2.75, 3.05) is 13.2 Å². The van der Waals surface area contributed by atoms with Gasteiger partial charge in [0, 0.05) is 24.3 Å². The molecule has 0 aliphatic heterocycles. The summed E-state index contributed by atoms with van der Waals surface area (Å²) in [6, 6.07) is 0. The van der Waals surface area contributed by atoms with Gasteiger partial charge in [0.2, 0.25) is 0 Å². The van der Waals surface area contributed by atoms with Gasteiger partial charge in [-0.2, -0.15) is 0 Å². The Morgan fingerprint density at radius 3 is 1.47 bits per heavy atom. The zero-order chi connectivity index (χ0) is 13.0. The minimum Gasteiger partial charge on any atom is -0.394 e. The first-order chi connectivity index (χ1) is 9.30. The Morgan fingerprint density at radius 2 is 1.26 bits per heavy atom. The van der Waals surface area contributed by atoms with E-state index in [4.69, 9.17) is 8.85 Å². The molecule has 4 saturated carbocycles. The summed E-state index contributed by atoms with van der Waals surface area (Å²) in [5, 5.41) is 0. The Morgan fingerprint density at radius 1 is 0.789 bits per heavy atom. The summed E-state index contributed by atoms with van der Waals surface area (Å²) < 4.78 is 13.0. The highest BCUT2D eigenvalue weighted by molar-refractivity contribution is 6.71. The van der Waals surface area contributed by atoms with E-state index >= 15 is 0 Å². The van der Waals surface area contributed by atoms with Gasteiger partial charge in [-0.25, -0.2) is 0 Å². The Bertz CT molecular complexity index is 325. The molecule has 4 aliphatic carbocycles. The van der Waals surface area contributed by atoms with E-state index in [0.29, 0.717) is 0 Å². The maximum absolute atomic E-state index is 6.50. The van der Waals surface area contributed by atoms with Gasteiger partial charge in [-0.15, -0.1) is 0 Å². The third-order valence-corrected chi connectivity index (χ3v) is 11.7. The fourth-order valence-corrected chi connectivity index (χ4v) is 11.3. The molecule has 4 aliphatic rings. The first-order valence-electron chi connectivity index (χ1n) is 8.58. The van der Waals surface area contributed by atoms with Crippen molar-refractivity contribution in [3.63, 3.8) is 0 Å². The van der Waals surface area contributed by atoms with Crippen molar-refractivity contribution in [2.24, 2.45) is 23.7 Å². The third kappa shape index (κ3) is 1.61. The molecular weight excluding hydrogens is 252 g/mol. The molecule has 0 heterocycles. The highest BCUT2D eigenvalue weighted by Crippen LogP contribution is 2.70. The van der Waals surface area contributed by atoms with Crippen molar-refractivity contribution >= 4 is 8.56 Å². The SMILES string of the molecule is CCO[Si](OCC)(C1CC2CCC21)C1CC2CCC21. The molecule has 0 bridgehead atoms. The lowest BCUT2D eigenvalue weighted by molar-refractivity contribution is -0.0210. The van der Waals surface area contributed by atoms with Crippen LogP contribution in [0.3, 0.4) is 0 Å². The smallest absolute Gasteiger partial charge is 0.345 e. The Kier molecular flexibility index (Phi) is 3.09. The van der Waals surface area contributed by atoms with Crippen LogP contribution in [0.15, 0.2) is 0 Å². The fourth-order valence-electron chi connectivity index (χ4n) is 5.57. The minimum atomic E-state index is -1.94. The van der Waals surface area contributed by atoms with Gasteiger partial charge >= 0.3 is 8.56 Å². The highest BCUT2D eigenvalue weighted by Gasteiger charge is 2.68. The Balaban J connectivity index is 1.57. The molecule has 19 heavy (non-hydrogen) atoms. The second-order valence-electron chi connectivity index (χ2n) is 7.27. The second kappa shape index (κ2) is 4.57. The van der Waals surface area contributed by atoms with Gasteiger partial charge in [-0.05, 0) is 76.0 Å². The van der Waals surface area contributed by atoms with Crippen LogP contribution >= 0.6 is 0 Å². The molecule has 0 saturated heterocycles. The van der Waals surface area contributed by atoms with Crippen molar-refractivity contribution < 1.29 is 8.85 Å². The lowest BCUT2D eigenvalue weighted by Gasteiger charge is -2.65. The van der Waals surface area contributed by atoms with E-state index in [1.165, 1.54) is 38.5 Å². The lowest BCUT2D eigenvalue weighted by Crippen LogP contribution is -2.66. The summed E-state index contributed by atoms with van der Waals surface area (Å²) in [7, 11) is -1.94. The van der Waals surface area contributed by atoms with Crippen molar-refractivity contribution in [1.82, 2.24) is 0 Å². The summed E-state index contributed by atoms with van der Waals surface area (Å²) in [6.07, 6.45) is 8.77. The fraction of sp³-hybridized carbons (Fsp3) is 1.00. The average Bonchev–Trinajstić information content (AvgIpc) is 2.36. The number of hydrogen-bond acceptors (Lipinski definition) is 2. The summed E-state index contributed by atoms with van der Waals surface area (Å²) in [5.41, 5.74) is 1.69. The first kappa shape index (κ1) is 12.8. The molecule has 0 aromatic heterocycles. The van der Waals surface area contributed by atoms with Gasteiger partial charge in [-0.1, -0.05) is 0 Å². The van der Waals surface area contributed by atoms with Crippen LogP contribution in [0.1, 0.15) is 52.4 Å². The van der Waals surface area contributed by atoms with Crippen molar-refractivity contribution in [3.8, 4) is 0 Å². The minimum absolute atomic E-state index is 0.845. The predicted molar refractivity (Wildman–Crippen MR) is 78.2 cm³/mol. The van der Waals surface area contributed by atoms with E-state index in [9.17, 15) is 0 Å². The van der Waals surface area contributed by atoms with Crippen LogP contribution in [0.4, 0.5) is 0 Å².